The lowest BCUT2D eigenvalue weighted by Crippen LogP contribution is -2.08. The second-order valence-corrected chi connectivity index (χ2v) is 7.33. The van der Waals surface area contributed by atoms with E-state index in [0.29, 0.717) is 0 Å². The molecule has 0 unspecified atom stereocenters. The summed E-state index contributed by atoms with van der Waals surface area (Å²) in [7, 11) is -3.48. The van der Waals surface area contributed by atoms with Crippen LogP contribution in [0.5, 0.6) is 0 Å². The fraction of sp³-hybridized carbons (Fsp3) is 0.278. The van der Waals surface area contributed by atoms with Crippen LogP contribution in [0.15, 0.2) is 65.6 Å². The van der Waals surface area contributed by atoms with Crippen molar-refractivity contribution >= 4 is 16.3 Å². The van der Waals surface area contributed by atoms with E-state index in [2.05, 4.69) is 48.9 Å². The van der Waals surface area contributed by atoms with Gasteiger partial charge >= 0.3 is 0 Å². The Labute approximate surface area is 138 Å². The highest BCUT2D eigenvalue weighted by Crippen LogP contribution is 2.09. The molecule has 124 valence electrons. The van der Waals surface area contributed by atoms with E-state index in [1.807, 2.05) is 0 Å². The summed E-state index contributed by atoms with van der Waals surface area (Å²) in [4.78, 5) is 9.95. The number of ether oxygens (including phenoxy) is 1. The van der Waals surface area contributed by atoms with Crippen molar-refractivity contribution in [2.75, 3.05) is 5.94 Å². The van der Waals surface area contributed by atoms with Crippen LogP contribution >= 0.6 is 0 Å². The normalized spacial score (nSPS) is 10.6. The molecule has 0 N–H and O–H groups in total. The van der Waals surface area contributed by atoms with Gasteiger partial charge in [0.2, 0.25) is 9.84 Å². The average molecular weight is 334 g/mol. The molecule has 0 aliphatic carbocycles. The molecule has 5 heteroatoms. The van der Waals surface area contributed by atoms with Crippen molar-refractivity contribution in [3.05, 3.63) is 66.2 Å². The summed E-state index contributed by atoms with van der Waals surface area (Å²) in [6.07, 6.45) is 1.20. The van der Waals surface area contributed by atoms with Crippen LogP contribution in [0.4, 0.5) is 0 Å². The van der Waals surface area contributed by atoms with Gasteiger partial charge in [-0.1, -0.05) is 62.4 Å². The molecular weight excluding hydrogens is 312 g/mol. The molecule has 0 aliphatic rings. The molecule has 0 amide bonds. The van der Waals surface area contributed by atoms with Crippen molar-refractivity contribution < 1.29 is 17.9 Å². The van der Waals surface area contributed by atoms with E-state index in [-0.39, 0.29) is 11.4 Å². The Balaban J connectivity index is 0.000000238. The van der Waals surface area contributed by atoms with Gasteiger partial charge in [0.1, 0.15) is 0 Å². The second-order valence-electron chi connectivity index (χ2n) is 5.39. The largest absolute Gasteiger partial charge is 0.451 e. The summed E-state index contributed by atoms with van der Waals surface area (Å²) in [6, 6.07) is 18.4. The van der Waals surface area contributed by atoms with Crippen LogP contribution in [0.3, 0.4) is 0 Å². The number of hydrogen-bond donors (Lipinski definition) is 0. The molecule has 4 nitrogen and oxygen atoms in total. The van der Waals surface area contributed by atoms with Gasteiger partial charge in [-0.2, -0.15) is 0 Å². The van der Waals surface area contributed by atoms with Crippen LogP contribution in [0, 0.1) is 5.92 Å². The highest BCUT2D eigenvalue weighted by molar-refractivity contribution is 7.91. The van der Waals surface area contributed by atoms with Gasteiger partial charge in [-0.3, -0.25) is 4.79 Å². The maximum Gasteiger partial charge on any atom is 0.294 e. The van der Waals surface area contributed by atoms with Crippen molar-refractivity contribution in [1.29, 1.82) is 0 Å². The van der Waals surface area contributed by atoms with Crippen LogP contribution in [-0.4, -0.2) is 20.8 Å². The van der Waals surface area contributed by atoms with Crippen molar-refractivity contribution in [2.24, 2.45) is 5.92 Å². The summed E-state index contributed by atoms with van der Waals surface area (Å²) in [5.41, 5.74) is 1.44. The van der Waals surface area contributed by atoms with Gasteiger partial charge in [-0.25, -0.2) is 8.42 Å². The number of sulfone groups is 1. The lowest BCUT2D eigenvalue weighted by atomic mass is 10.0. The average Bonchev–Trinajstić information content (AvgIpc) is 2.55. The van der Waals surface area contributed by atoms with Crippen molar-refractivity contribution in [2.45, 2.75) is 25.2 Å². The van der Waals surface area contributed by atoms with Crippen LogP contribution in [-0.2, 0) is 25.8 Å². The van der Waals surface area contributed by atoms with Gasteiger partial charge in [0.25, 0.3) is 6.47 Å². The predicted octanol–water partition coefficient (Wildman–Crippen LogP) is 3.48. The first kappa shape index (κ1) is 18.9. The molecule has 2 aromatic rings. The zero-order valence-electron chi connectivity index (χ0n) is 13.4. The Hall–Kier alpha value is -2.14. The molecule has 2 aromatic carbocycles. The number of carbonyl (C=O) groups is 1. The van der Waals surface area contributed by atoms with Crippen LogP contribution in [0.1, 0.15) is 19.4 Å². The number of carbonyl (C=O) groups excluding carboxylic acids is 1. The maximum atomic E-state index is 11.3. The van der Waals surface area contributed by atoms with E-state index in [1.54, 1.807) is 18.2 Å². The molecule has 0 atom stereocenters. The minimum Gasteiger partial charge on any atom is -0.451 e. The van der Waals surface area contributed by atoms with Gasteiger partial charge in [0.15, 0.2) is 5.94 Å². The first-order valence-corrected chi connectivity index (χ1v) is 8.98. The van der Waals surface area contributed by atoms with Crippen LogP contribution in [0.2, 0.25) is 0 Å². The fourth-order valence-electron chi connectivity index (χ4n) is 1.90. The molecule has 0 aliphatic heterocycles. The quantitative estimate of drug-likeness (QED) is 0.759. The van der Waals surface area contributed by atoms with Gasteiger partial charge in [-0.15, -0.1) is 0 Å². The predicted molar refractivity (Wildman–Crippen MR) is 90.6 cm³/mol. The molecular formula is C18H22O4S. The molecule has 0 fully saturated rings. The van der Waals surface area contributed by atoms with Crippen LogP contribution in [0.25, 0.3) is 0 Å². The van der Waals surface area contributed by atoms with Gasteiger partial charge in [0.05, 0.1) is 4.90 Å². The topological polar surface area (TPSA) is 60.4 Å². The van der Waals surface area contributed by atoms with Crippen molar-refractivity contribution in [1.82, 2.24) is 0 Å². The van der Waals surface area contributed by atoms with E-state index in [0.717, 1.165) is 5.92 Å². The summed E-state index contributed by atoms with van der Waals surface area (Å²) in [6.45, 7) is 4.60. The van der Waals surface area contributed by atoms with E-state index in [1.165, 1.54) is 24.1 Å². The lowest BCUT2D eigenvalue weighted by molar-refractivity contribution is -0.126. The van der Waals surface area contributed by atoms with Gasteiger partial charge in [0, 0.05) is 0 Å². The van der Waals surface area contributed by atoms with Crippen molar-refractivity contribution in [3.63, 3.8) is 0 Å². The number of hydrogen-bond acceptors (Lipinski definition) is 4. The third-order valence-corrected chi connectivity index (χ3v) is 4.32. The van der Waals surface area contributed by atoms with E-state index in [4.69, 9.17) is 0 Å². The Bertz CT molecular complexity index is 665. The third-order valence-electron chi connectivity index (χ3n) is 2.88. The Morgan fingerprint density at radius 1 is 0.957 bits per heavy atom. The Morgan fingerprint density at radius 2 is 1.48 bits per heavy atom. The zero-order valence-corrected chi connectivity index (χ0v) is 14.2. The molecule has 0 heterocycles. The van der Waals surface area contributed by atoms with Crippen molar-refractivity contribution in [3.8, 4) is 0 Å². The third kappa shape index (κ3) is 7.61. The molecule has 23 heavy (non-hydrogen) atoms. The monoisotopic (exact) mass is 334 g/mol. The van der Waals surface area contributed by atoms with Gasteiger partial charge in [-0.05, 0) is 30.0 Å². The Morgan fingerprint density at radius 3 is 1.96 bits per heavy atom. The van der Waals surface area contributed by atoms with E-state index in [9.17, 15) is 13.2 Å². The van der Waals surface area contributed by atoms with E-state index >= 15 is 0 Å². The maximum absolute atomic E-state index is 11.3. The summed E-state index contributed by atoms with van der Waals surface area (Å²) < 4.78 is 26.8. The summed E-state index contributed by atoms with van der Waals surface area (Å²) >= 11 is 0. The first-order valence-electron chi connectivity index (χ1n) is 7.32. The standard InChI is InChI=1S/C10H14.C8H8O4S/c1-9(2)8-10-6-4-3-5-7-10;9-6-12-7-13(10,11)8-4-2-1-3-5-8/h3-7,9H,8H2,1-2H3;1-6H,7H2. The zero-order chi connectivity index (χ0) is 17.1. The SMILES string of the molecule is CC(C)Cc1ccccc1.O=COCS(=O)(=O)c1ccccc1. The molecule has 2 rings (SSSR count). The summed E-state index contributed by atoms with van der Waals surface area (Å²) in [5.74, 6) is 0.156. The molecule has 0 radical (unpaired) electrons. The molecule has 0 spiro atoms. The molecule has 0 saturated carbocycles. The lowest BCUT2D eigenvalue weighted by Gasteiger charge is -2.02. The number of rotatable bonds is 6. The van der Waals surface area contributed by atoms with Gasteiger partial charge < -0.3 is 4.74 Å². The summed E-state index contributed by atoms with van der Waals surface area (Å²) in [5, 5.41) is 0. The van der Waals surface area contributed by atoms with Crippen LogP contribution < -0.4 is 0 Å². The number of benzene rings is 2. The molecule has 0 aromatic heterocycles. The highest BCUT2D eigenvalue weighted by Gasteiger charge is 2.13. The first-order chi connectivity index (χ1) is 11.0. The minimum atomic E-state index is -3.48. The second kappa shape index (κ2) is 9.79. The minimum absolute atomic E-state index is 0.112. The smallest absolute Gasteiger partial charge is 0.294 e. The fourth-order valence-corrected chi connectivity index (χ4v) is 2.84. The van der Waals surface area contributed by atoms with E-state index < -0.39 is 15.8 Å². The molecule has 0 bridgehead atoms. The molecule has 0 saturated heterocycles. The highest BCUT2D eigenvalue weighted by atomic mass is 32.2. The Kier molecular flexibility index (Phi) is 8.05.